The van der Waals surface area contributed by atoms with Crippen molar-refractivity contribution >= 4 is 46.2 Å². The molecule has 2 aliphatic rings. The van der Waals surface area contributed by atoms with E-state index >= 15 is 0 Å². The van der Waals surface area contributed by atoms with Gasteiger partial charge in [0.1, 0.15) is 16.2 Å². The molecule has 0 radical (unpaired) electrons. The molecule has 0 N–H and O–H groups in total. The highest BCUT2D eigenvalue weighted by Crippen LogP contribution is 2.34. The molecular weight excluding hydrogens is 412 g/mol. The van der Waals surface area contributed by atoms with E-state index in [1.54, 1.807) is 18.4 Å². The Morgan fingerprint density at radius 2 is 2.17 bits per heavy atom. The fraction of sp³-hybridized carbons (Fsp3) is 0.368. The number of amides is 1. The van der Waals surface area contributed by atoms with Crippen molar-refractivity contribution in [1.82, 2.24) is 9.88 Å². The Kier molecular flexibility index (Phi) is 5.45. The summed E-state index contributed by atoms with van der Waals surface area (Å²) in [6.07, 6.45) is 3.10. The molecule has 29 heavy (non-hydrogen) atoms. The predicted octanol–water partition coefficient (Wildman–Crippen LogP) is 3.15. The summed E-state index contributed by atoms with van der Waals surface area (Å²) in [7, 11) is 0. The maximum Gasteiger partial charge on any atom is 0.266 e. The van der Waals surface area contributed by atoms with Crippen molar-refractivity contribution in [2.24, 2.45) is 0 Å². The van der Waals surface area contributed by atoms with Gasteiger partial charge in [0, 0.05) is 19.2 Å². The van der Waals surface area contributed by atoms with Crippen LogP contribution in [0.15, 0.2) is 32.1 Å². The lowest BCUT2D eigenvalue weighted by atomic mass is 10.2. The molecule has 1 amide bonds. The van der Waals surface area contributed by atoms with E-state index in [1.807, 2.05) is 18.7 Å². The number of oxazole rings is 1. The van der Waals surface area contributed by atoms with Gasteiger partial charge in [-0.2, -0.15) is 10.2 Å². The Labute approximate surface area is 177 Å². The molecule has 2 atom stereocenters. The summed E-state index contributed by atoms with van der Waals surface area (Å²) in [5.41, 5.74) is 0.184. The topological polar surface area (TPSA) is 95.7 Å². The van der Waals surface area contributed by atoms with Gasteiger partial charge in [-0.25, -0.2) is 0 Å². The normalized spacial score (nSPS) is 23.8. The number of nitrogens with zero attached hydrogens (tertiary/aromatic N) is 4. The zero-order valence-corrected chi connectivity index (χ0v) is 17.5. The minimum absolute atomic E-state index is 0.0108. The highest BCUT2D eigenvalue weighted by atomic mass is 32.2. The molecule has 2 unspecified atom stereocenters. The first-order valence-electron chi connectivity index (χ1n) is 9.03. The Morgan fingerprint density at radius 1 is 1.41 bits per heavy atom. The van der Waals surface area contributed by atoms with Crippen LogP contribution < -0.4 is 4.90 Å². The van der Waals surface area contributed by atoms with Crippen LogP contribution in [0.4, 0.5) is 5.88 Å². The van der Waals surface area contributed by atoms with Gasteiger partial charge >= 0.3 is 0 Å². The summed E-state index contributed by atoms with van der Waals surface area (Å²) >= 11 is 6.49. The number of thioether (sulfide) groups is 1. The Balaban J connectivity index is 1.57. The highest BCUT2D eigenvalue weighted by molar-refractivity contribution is 8.26. The van der Waals surface area contributed by atoms with Gasteiger partial charge in [-0.15, -0.1) is 0 Å². The van der Waals surface area contributed by atoms with Crippen LogP contribution in [0.3, 0.4) is 0 Å². The van der Waals surface area contributed by atoms with Gasteiger partial charge in [-0.3, -0.25) is 9.69 Å². The Bertz CT molecular complexity index is 998. The third-order valence-corrected chi connectivity index (χ3v) is 5.84. The molecule has 2 aromatic heterocycles. The smallest absolute Gasteiger partial charge is 0.266 e. The van der Waals surface area contributed by atoms with Crippen molar-refractivity contribution in [3.05, 3.63) is 40.6 Å². The number of nitriles is 1. The van der Waals surface area contributed by atoms with Crippen molar-refractivity contribution < 1.29 is 18.4 Å². The lowest BCUT2D eigenvalue weighted by molar-refractivity contribution is -0.122. The molecule has 150 valence electrons. The van der Waals surface area contributed by atoms with Crippen LogP contribution in [-0.2, 0) is 16.1 Å². The number of anilines is 1. The van der Waals surface area contributed by atoms with Gasteiger partial charge < -0.3 is 18.5 Å². The fourth-order valence-corrected chi connectivity index (χ4v) is 4.55. The molecule has 2 aliphatic heterocycles. The molecule has 0 saturated carbocycles. The van der Waals surface area contributed by atoms with Crippen molar-refractivity contribution in [3.8, 4) is 6.07 Å². The molecule has 10 heteroatoms. The molecule has 4 heterocycles. The number of furan rings is 1. The minimum Gasteiger partial charge on any atom is -0.467 e. The first-order chi connectivity index (χ1) is 13.9. The highest BCUT2D eigenvalue weighted by Gasteiger charge is 2.34. The first-order valence-corrected chi connectivity index (χ1v) is 10.3. The number of hydrogen-bond acceptors (Lipinski definition) is 9. The summed E-state index contributed by atoms with van der Waals surface area (Å²) in [6, 6.07) is 5.61. The SMILES string of the molecule is CC1CN(c2oc(C=C3SC(=S)N(Cc4ccco4)C3=O)nc2C#N)CC(C)O1. The summed E-state index contributed by atoms with van der Waals surface area (Å²) < 4.78 is 17.3. The van der Waals surface area contributed by atoms with Gasteiger partial charge in [-0.05, 0) is 26.0 Å². The van der Waals surface area contributed by atoms with Crippen molar-refractivity contribution in [2.75, 3.05) is 18.0 Å². The maximum atomic E-state index is 12.7. The van der Waals surface area contributed by atoms with Crippen molar-refractivity contribution in [1.29, 1.82) is 5.26 Å². The molecule has 4 rings (SSSR count). The number of aromatic nitrogens is 1. The van der Waals surface area contributed by atoms with E-state index in [-0.39, 0.29) is 36.2 Å². The standard InChI is InChI=1S/C19H18N4O4S2/c1-11-8-22(9-12(2)26-11)18-14(7-20)21-16(27-18)6-15-17(24)23(19(28)29-15)10-13-4-3-5-25-13/h3-6,11-12H,8-10H2,1-2H3. The average molecular weight is 431 g/mol. The Hall–Kier alpha value is -2.61. The van der Waals surface area contributed by atoms with E-state index < -0.39 is 0 Å². The second kappa shape index (κ2) is 8.02. The second-order valence-electron chi connectivity index (χ2n) is 6.83. The van der Waals surface area contributed by atoms with Gasteiger partial charge in [0.15, 0.2) is 0 Å². The molecule has 2 aromatic rings. The number of morpholine rings is 1. The van der Waals surface area contributed by atoms with E-state index in [0.717, 1.165) is 0 Å². The zero-order valence-electron chi connectivity index (χ0n) is 15.8. The van der Waals surface area contributed by atoms with E-state index in [2.05, 4.69) is 11.1 Å². The van der Waals surface area contributed by atoms with Gasteiger partial charge in [0.05, 0.1) is 29.9 Å². The average Bonchev–Trinajstić information content (AvgIpc) is 3.38. The Morgan fingerprint density at radius 3 is 2.83 bits per heavy atom. The van der Waals surface area contributed by atoms with Crippen LogP contribution in [0.25, 0.3) is 6.08 Å². The molecule has 2 saturated heterocycles. The lowest BCUT2D eigenvalue weighted by Gasteiger charge is -2.34. The maximum absolute atomic E-state index is 12.7. The third kappa shape index (κ3) is 4.07. The van der Waals surface area contributed by atoms with Crippen LogP contribution in [0.5, 0.6) is 0 Å². The first kappa shape index (κ1) is 19.7. The number of carbonyl (C=O) groups is 1. The molecule has 0 aromatic carbocycles. The van der Waals surface area contributed by atoms with Gasteiger partial charge in [0.2, 0.25) is 17.5 Å². The number of ether oxygens (including phenoxy) is 1. The molecular formula is C19H18N4O4S2. The number of hydrogen-bond donors (Lipinski definition) is 0. The zero-order chi connectivity index (χ0) is 20.5. The van der Waals surface area contributed by atoms with Crippen molar-refractivity contribution in [2.45, 2.75) is 32.6 Å². The van der Waals surface area contributed by atoms with Crippen LogP contribution >= 0.6 is 24.0 Å². The number of rotatable bonds is 4. The fourth-order valence-electron chi connectivity index (χ4n) is 3.33. The summed E-state index contributed by atoms with van der Waals surface area (Å²) in [4.78, 5) is 20.8. The lowest BCUT2D eigenvalue weighted by Crippen LogP contribution is -2.45. The number of thiocarbonyl (C=S) groups is 1. The molecule has 2 fully saturated rings. The van der Waals surface area contributed by atoms with Crippen LogP contribution in [0.2, 0.25) is 0 Å². The van der Waals surface area contributed by atoms with Gasteiger partial charge in [-0.1, -0.05) is 24.0 Å². The van der Waals surface area contributed by atoms with E-state index in [9.17, 15) is 10.1 Å². The molecule has 8 nitrogen and oxygen atoms in total. The third-order valence-electron chi connectivity index (χ3n) is 4.46. The monoisotopic (exact) mass is 430 g/mol. The van der Waals surface area contributed by atoms with Crippen molar-refractivity contribution in [3.63, 3.8) is 0 Å². The largest absolute Gasteiger partial charge is 0.467 e. The van der Waals surface area contributed by atoms with E-state index in [0.29, 0.717) is 34.0 Å². The molecule has 0 bridgehead atoms. The molecule has 0 spiro atoms. The second-order valence-corrected chi connectivity index (χ2v) is 8.50. The quantitative estimate of drug-likeness (QED) is 0.535. The summed E-state index contributed by atoms with van der Waals surface area (Å²) in [6.45, 7) is 5.39. The molecule has 0 aliphatic carbocycles. The van der Waals surface area contributed by atoms with Crippen LogP contribution in [0, 0.1) is 11.3 Å². The summed E-state index contributed by atoms with van der Waals surface area (Å²) in [5, 5.41) is 9.47. The predicted molar refractivity (Wildman–Crippen MR) is 111 cm³/mol. The van der Waals surface area contributed by atoms with Crippen LogP contribution in [0.1, 0.15) is 31.2 Å². The van der Waals surface area contributed by atoms with E-state index in [4.69, 9.17) is 25.8 Å². The van der Waals surface area contributed by atoms with Crippen LogP contribution in [-0.4, -0.2) is 45.4 Å². The summed E-state index contributed by atoms with van der Waals surface area (Å²) in [5.74, 6) is 0.986. The van der Waals surface area contributed by atoms with E-state index in [1.165, 1.54) is 22.7 Å². The van der Waals surface area contributed by atoms with Gasteiger partial charge in [0.25, 0.3) is 5.91 Å². The number of carbonyl (C=O) groups excluding carboxylic acids is 1. The minimum atomic E-state index is -0.247.